The Morgan fingerprint density at radius 3 is 2.69 bits per heavy atom. The number of benzene rings is 2. The lowest BCUT2D eigenvalue weighted by atomic mass is 9.86. The van der Waals surface area contributed by atoms with Crippen LogP contribution in [0.5, 0.6) is 5.75 Å². The molecule has 1 fully saturated rings. The summed E-state index contributed by atoms with van der Waals surface area (Å²) in [6.07, 6.45) is 1.01. The largest absolute Gasteiger partial charge is 0.486 e. The molecule has 0 amide bonds. The fourth-order valence-corrected chi connectivity index (χ4v) is 3.97. The third-order valence-electron chi connectivity index (χ3n) is 5.80. The van der Waals surface area contributed by atoms with E-state index in [1.165, 1.54) is 12.1 Å². The minimum Gasteiger partial charge on any atom is -0.486 e. The molecule has 0 bridgehead atoms. The fourth-order valence-electron chi connectivity index (χ4n) is 3.97. The van der Waals surface area contributed by atoms with E-state index in [4.69, 9.17) is 14.2 Å². The minimum absolute atomic E-state index is 0.165. The highest BCUT2D eigenvalue weighted by molar-refractivity contribution is 5.76. The van der Waals surface area contributed by atoms with Gasteiger partial charge in [0, 0.05) is 46.3 Å². The molecule has 1 N–H and O–H groups in total. The Bertz CT molecular complexity index is 1080. The zero-order chi connectivity index (χ0) is 20.6. The van der Waals surface area contributed by atoms with Crippen LogP contribution in [0, 0.1) is 5.82 Å². The SMILES string of the molecule is COC1(c2cc(F)cc(OC(C)c3ccc4[nH]c(=O)n(C)c4c3)c2)CCOCC1. The minimum atomic E-state index is -0.565. The molecule has 3 aromatic rings. The molecule has 1 aliphatic rings. The van der Waals surface area contributed by atoms with Crippen LogP contribution in [0.4, 0.5) is 4.39 Å². The van der Waals surface area contributed by atoms with E-state index in [1.807, 2.05) is 31.2 Å². The molecule has 0 spiro atoms. The number of halogens is 1. The maximum atomic E-state index is 14.4. The van der Waals surface area contributed by atoms with Crippen LogP contribution in [0.2, 0.25) is 0 Å². The molecule has 0 aliphatic carbocycles. The zero-order valence-electron chi connectivity index (χ0n) is 16.8. The van der Waals surface area contributed by atoms with Crippen molar-refractivity contribution in [3.8, 4) is 5.75 Å². The van der Waals surface area contributed by atoms with Crippen LogP contribution >= 0.6 is 0 Å². The maximum absolute atomic E-state index is 14.4. The smallest absolute Gasteiger partial charge is 0.326 e. The second-order valence-electron chi connectivity index (χ2n) is 7.51. The molecule has 0 radical (unpaired) electrons. The van der Waals surface area contributed by atoms with Gasteiger partial charge in [-0.2, -0.15) is 0 Å². The zero-order valence-corrected chi connectivity index (χ0v) is 16.8. The molecule has 2 aromatic carbocycles. The molecule has 154 valence electrons. The highest BCUT2D eigenvalue weighted by Crippen LogP contribution is 2.38. The molecule has 4 rings (SSSR count). The van der Waals surface area contributed by atoms with Gasteiger partial charge in [-0.1, -0.05) is 6.07 Å². The molecule has 1 aromatic heterocycles. The Balaban J connectivity index is 1.63. The fraction of sp³-hybridized carbons (Fsp3) is 0.409. The molecule has 1 saturated heterocycles. The van der Waals surface area contributed by atoms with Crippen LogP contribution in [0.1, 0.15) is 37.0 Å². The number of nitrogens with one attached hydrogen (secondary N) is 1. The number of ether oxygens (including phenoxy) is 3. The normalized spacial score (nSPS) is 17.4. The maximum Gasteiger partial charge on any atom is 0.326 e. The number of aryl methyl sites for hydroxylation is 1. The number of aromatic amines is 1. The van der Waals surface area contributed by atoms with E-state index in [-0.39, 0.29) is 17.6 Å². The third kappa shape index (κ3) is 3.68. The number of methoxy groups -OCH3 is 1. The first-order valence-electron chi connectivity index (χ1n) is 9.71. The number of aromatic nitrogens is 2. The van der Waals surface area contributed by atoms with Crippen molar-refractivity contribution in [2.75, 3.05) is 20.3 Å². The van der Waals surface area contributed by atoms with Gasteiger partial charge in [-0.3, -0.25) is 4.57 Å². The quantitative estimate of drug-likeness (QED) is 0.708. The summed E-state index contributed by atoms with van der Waals surface area (Å²) < 4.78 is 33.3. The molecule has 2 heterocycles. The number of rotatable bonds is 5. The Hall–Kier alpha value is -2.64. The van der Waals surface area contributed by atoms with Crippen molar-refractivity contribution >= 4 is 11.0 Å². The number of fused-ring (bicyclic) bond motifs is 1. The van der Waals surface area contributed by atoms with E-state index in [0.717, 1.165) is 22.2 Å². The van der Waals surface area contributed by atoms with Crippen molar-refractivity contribution in [1.82, 2.24) is 9.55 Å². The number of H-pyrrole nitrogens is 1. The van der Waals surface area contributed by atoms with Gasteiger partial charge >= 0.3 is 5.69 Å². The first kappa shape index (κ1) is 19.7. The van der Waals surface area contributed by atoms with Crippen LogP contribution < -0.4 is 10.4 Å². The van der Waals surface area contributed by atoms with Gasteiger partial charge in [0.25, 0.3) is 0 Å². The summed E-state index contributed by atoms with van der Waals surface area (Å²) in [7, 11) is 3.36. The highest BCUT2D eigenvalue weighted by atomic mass is 19.1. The number of hydrogen-bond donors (Lipinski definition) is 1. The van der Waals surface area contributed by atoms with Crippen LogP contribution in [-0.4, -0.2) is 29.9 Å². The molecule has 29 heavy (non-hydrogen) atoms. The predicted octanol–water partition coefficient (Wildman–Crippen LogP) is 3.80. The van der Waals surface area contributed by atoms with Crippen molar-refractivity contribution in [1.29, 1.82) is 0 Å². The van der Waals surface area contributed by atoms with Gasteiger partial charge in [0.1, 0.15) is 17.7 Å². The molecule has 1 aliphatic heterocycles. The van der Waals surface area contributed by atoms with E-state index in [9.17, 15) is 9.18 Å². The van der Waals surface area contributed by atoms with Gasteiger partial charge in [-0.05, 0) is 42.3 Å². The van der Waals surface area contributed by atoms with E-state index in [0.29, 0.717) is 31.8 Å². The molecular formula is C22H25FN2O4. The van der Waals surface area contributed by atoms with Crippen LogP contribution in [0.3, 0.4) is 0 Å². The van der Waals surface area contributed by atoms with Crippen molar-refractivity contribution in [3.05, 3.63) is 63.8 Å². The number of hydrogen-bond acceptors (Lipinski definition) is 4. The van der Waals surface area contributed by atoms with Gasteiger partial charge in [-0.25, -0.2) is 9.18 Å². The lowest BCUT2D eigenvalue weighted by Gasteiger charge is -2.36. The Morgan fingerprint density at radius 1 is 1.21 bits per heavy atom. The lowest BCUT2D eigenvalue weighted by Crippen LogP contribution is -2.35. The van der Waals surface area contributed by atoms with Gasteiger partial charge in [0.05, 0.1) is 16.6 Å². The molecule has 0 saturated carbocycles. The van der Waals surface area contributed by atoms with Crippen molar-refractivity contribution in [2.45, 2.75) is 31.5 Å². The lowest BCUT2D eigenvalue weighted by molar-refractivity contribution is -0.0950. The number of imidazole rings is 1. The molecular weight excluding hydrogens is 375 g/mol. The molecule has 1 atom stereocenters. The average Bonchev–Trinajstić information content (AvgIpc) is 3.01. The van der Waals surface area contributed by atoms with Gasteiger partial charge in [0.2, 0.25) is 0 Å². The van der Waals surface area contributed by atoms with Crippen LogP contribution in [-0.2, 0) is 22.1 Å². The standard InChI is InChI=1S/C22H25FN2O4/c1-14(15-4-5-19-20(10-15)25(2)21(26)24-19)29-18-12-16(11-17(23)13-18)22(27-3)6-8-28-9-7-22/h4-5,10-14H,6-9H2,1-3H3,(H,24,26). The van der Waals surface area contributed by atoms with Crippen molar-refractivity contribution < 1.29 is 18.6 Å². The van der Waals surface area contributed by atoms with Crippen molar-refractivity contribution in [3.63, 3.8) is 0 Å². The van der Waals surface area contributed by atoms with E-state index in [1.54, 1.807) is 18.7 Å². The number of nitrogens with zero attached hydrogens (tertiary/aromatic N) is 1. The summed E-state index contributed by atoms with van der Waals surface area (Å²) in [5.41, 5.74) is 2.48. The average molecular weight is 400 g/mol. The first-order chi connectivity index (χ1) is 13.9. The third-order valence-corrected chi connectivity index (χ3v) is 5.80. The van der Waals surface area contributed by atoms with E-state index in [2.05, 4.69) is 4.98 Å². The Kier molecular flexibility index (Phi) is 5.19. The molecule has 6 nitrogen and oxygen atoms in total. The van der Waals surface area contributed by atoms with Crippen LogP contribution in [0.15, 0.2) is 41.2 Å². The van der Waals surface area contributed by atoms with Gasteiger partial charge in [-0.15, -0.1) is 0 Å². The van der Waals surface area contributed by atoms with E-state index < -0.39 is 5.60 Å². The summed E-state index contributed by atoms with van der Waals surface area (Å²) in [5.74, 6) is 0.0783. The predicted molar refractivity (Wildman–Crippen MR) is 108 cm³/mol. The summed E-state index contributed by atoms with van der Waals surface area (Å²) in [6, 6.07) is 10.4. The second kappa shape index (κ2) is 7.65. The monoisotopic (exact) mass is 400 g/mol. The summed E-state index contributed by atoms with van der Waals surface area (Å²) >= 11 is 0. The summed E-state index contributed by atoms with van der Waals surface area (Å²) in [5, 5.41) is 0. The van der Waals surface area contributed by atoms with Crippen molar-refractivity contribution in [2.24, 2.45) is 7.05 Å². The Labute approximate surface area is 168 Å². The topological polar surface area (TPSA) is 65.5 Å². The molecule has 1 unspecified atom stereocenters. The summed E-state index contributed by atoms with van der Waals surface area (Å²) in [6.45, 7) is 3.05. The highest BCUT2D eigenvalue weighted by Gasteiger charge is 2.35. The molecule has 7 heteroatoms. The first-order valence-corrected chi connectivity index (χ1v) is 9.71. The van der Waals surface area contributed by atoms with Gasteiger partial charge in [0.15, 0.2) is 0 Å². The Morgan fingerprint density at radius 2 is 1.97 bits per heavy atom. The second-order valence-corrected chi connectivity index (χ2v) is 7.51. The van der Waals surface area contributed by atoms with Gasteiger partial charge < -0.3 is 19.2 Å². The van der Waals surface area contributed by atoms with E-state index >= 15 is 0 Å². The summed E-state index contributed by atoms with van der Waals surface area (Å²) in [4.78, 5) is 14.6. The van der Waals surface area contributed by atoms with Crippen LogP contribution in [0.25, 0.3) is 11.0 Å².